The second-order valence-corrected chi connectivity index (χ2v) is 2.73. The molecular weight excluding hydrogens is 180 g/mol. The van der Waals surface area contributed by atoms with Gasteiger partial charge in [-0.15, -0.1) is 0 Å². The zero-order valence-corrected chi connectivity index (χ0v) is 7.80. The molecule has 0 aliphatic heterocycles. The van der Waals surface area contributed by atoms with Crippen molar-refractivity contribution >= 4 is 12.0 Å². The maximum atomic E-state index is 10.3. The Labute approximate surface area is 81.7 Å². The van der Waals surface area contributed by atoms with Crippen LogP contribution in [0, 0.1) is 0 Å². The zero-order chi connectivity index (χ0) is 10.4. The number of hydrogen-bond acceptors (Lipinski definition) is 2. The molecule has 14 heavy (non-hydrogen) atoms. The van der Waals surface area contributed by atoms with Crippen LogP contribution >= 0.6 is 0 Å². The third kappa shape index (κ3) is 2.54. The molecule has 0 saturated heterocycles. The number of carbonyl (C=O) groups excluding carboxylic acids is 1. The minimum atomic E-state index is 0.107. The molecule has 0 N–H and O–H groups in total. The Morgan fingerprint density at radius 1 is 1.50 bits per heavy atom. The Morgan fingerprint density at radius 3 is 2.57 bits per heavy atom. The smallest absolute Gasteiger partial charge is 0.335 e. The molecule has 4 heteroatoms. The van der Waals surface area contributed by atoms with Crippen molar-refractivity contribution < 1.29 is 14.3 Å². The van der Waals surface area contributed by atoms with Crippen molar-refractivity contribution in [3.63, 3.8) is 0 Å². The topological polar surface area (TPSA) is 62.7 Å². The molecule has 4 nitrogen and oxygen atoms in total. The minimum absolute atomic E-state index is 0.107. The number of benzene rings is 1. The molecule has 0 saturated carbocycles. The molecule has 0 aromatic heterocycles. The van der Waals surface area contributed by atoms with Gasteiger partial charge in [0.2, 0.25) is 6.29 Å². The van der Waals surface area contributed by atoms with Gasteiger partial charge in [0.15, 0.2) is 0 Å². The molecular formula is C10H10N2O2. The molecule has 1 aromatic carbocycles. The molecule has 0 fully saturated rings. The lowest BCUT2D eigenvalue weighted by Crippen LogP contribution is -2.05. The van der Waals surface area contributed by atoms with Crippen LogP contribution in [0.15, 0.2) is 24.3 Å². The Kier molecular flexibility index (Phi) is 3.58. The van der Waals surface area contributed by atoms with Crippen LogP contribution in [0.25, 0.3) is 5.53 Å². The fraction of sp³-hybridized carbons (Fsp3) is 0.200. The molecule has 0 unspecified atom stereocenters. The van der Waals surface area contributed by atoms with Crippen molar-refractivity contribution in [3.8, 4) is 5.75 Å². The Balaban J connectivity index is 2.78. The van der Waals surface area contributed by atoms with Gasteiger partial charge in [0.05, 0.1) is 13.5 Å². The molecule has 1 aromatic rings. The van der Waals surface area contributed by atoms with Gasteiger partial charge in [0, 0.05) is 0 Å². The quantitative estimate of drug-likeness (QED) is 0.309. The van der Waals surface area contributed by atoms with E-state index in [1.165, 1.54) is 0 Å². The summed E-state index contributed by atoms with van der Waals surface area (Å²) in [7, 11) is 1.58. The lowest BCUT2D eigenvalue weighted by molar-refractivity contribution is -0.107. The summed E-state index contributed by atoms with van der Waals surface area (Å²) in [5, 5.41) is 0. The first-order valence-corrected chi connectivity index (χ1v) is 4.09. The molecule has 1 rings (SSSR count). The van der Waals surface area contributed by atoms with Gasteiger partial charge in [0.25, 0.3) is 0 Å². The molecule has 0 atom stereocenters. The molecule has 0 radical (unpaired) electrons. The fourth-order valence-electron chi connectivity index (χ4n) is 1.05. The third-order valence-electron chi connectivity index (χ3n) is 1.81. The molecule has 0 spiro atoms. The van der Waals surface area contributed by atoms with E-state index in [1.807, 2.05) is 12.1 Å². The van der Waals surface area contributed by atoms with Crippen LogP contribution in [0.2, 0.25) is 0 Å². The van der Waals surface area contributed by atoms with Crippen molar-refractivity contribution in [1.82, 2.24) is 0 Å². The molecule has 0 aliphatic carbocycles. The Bertz CT molecular complexity index is 364. The molecule has 0 aliphatic rings. The van der Waals surface area contributed by atoms with Crippen LogP contribution < -0.4 is 4.74 Å². The fourth-order valence-corrected chi connectivity index (χ4v) is 1.05. The number of nitrogens with zero attached hydrogens (tertiary/aromatic N) is 2. The summed E-state index contributed by atoms with van der Waals surface area (Å²) >= 11 is 0. The van der Waals surface area contributed by atoms with Gasteiger partial charge < -0.3 is 10.3 Å². The van der Waals surface area contributed by atoms with E-state index in [-0.39, 0.29) is 5.71 Å². The summed E-state index contributed by atoms with van der Waals surface area (Å²) in [5.74, 6) is 0.752. The van der Waals surface area contributed by atoms with Gasteiger partial charge in [0.1, 0.15) is 5.75 Å². The van der Waals surface area contributed by atoms with E-state index >= 15 is 0 Å². The van der Waals surface area contributed by atoms with Gasteiger partial charge in [-0.1, -0.05) is 12.1 Å². The highest BCUT2D eigenvalue weighted by atomic mass is 16.5. The van der Waals surface area contributed by atoms with Crippen LogP contribution in [0.3, 0.4) is 0 Å². The van der Waals surface area contributed by atoms with Crippen molar-refractivity contribution in [2.45, 2.75) is 6.42 Å². The minimum Gasteiger partial charge on any atom is -0.497 e. The lowest BCUT2D eigenvalue weighted by Gasteiger charge is -1.99. The van der Waals surface area contributed by atoms with Gasteiger partial charge in [-0.25, -0.2) is 0 Å². The SMILES string of the molecule is COc1ccc(CC(C=O)=[N+]=[N-])cc1. The summed E-state index contributed by atoms with van der Waals surface area (Å²) in [6.45, 7) is 0. The van der Waals surface area contributed by atoms with Crippen LogP contribution in [-0.4, -0.2) is 23.9 Å². The van der Waals surface area contributed by atoms with Gasteiger partial charge in [-0.05, 0) is 17.7 Å². The van der Waals surface area contributed by atoms with Gasteiger partial charge in [-0.2, -0.15) is 4.79 Å². The van der Waals surface area contributed by atoms with E-state index < -0.39 is 0 Å². The summed E-state index contributed by atoms with van der Waals surface area (Å²) in [4.78, 5) is 13.2. The highest BCUT2D eigenvalue weighted by Crippen LogP contribution is 2.11. The predicted octanol–water partition coefficient (Wildman–Crippen LogP) is 1.11. The normalized spacial score (nSPS) is 8.93. The van der Waals surface area contributed by atoms with Gasteiger partial charge in [-0.3, -0.25) is 4.79 Å². The van der Waals surface area contributed by atoms with E-state index in [0.717, 1.165) is 11.3 Å². The van der Waals surface area contributed by atoms with Crippen molar-refractivity contribution in [1.29, 1.82) is 0 Å². The summed E-state index contributed by atoms with van der Waals surface area (Å²) in [6.07, 6.45) is 0.855. The average molecular weight is 190 g/mol. The lowest BCUT2D eigenvalue weighted by atomic mass is 10.1. The van der Waals surface area contributed by atoms with Gasteiger partial charge >= 0.3 is 5.71 Å². The van der Waals surface area contributed by atoms with Crippen molar-refractivity contribution in [3.05, 3.63) is 35.4 Å². The average Bonchev–Trinajstić information content (AvgIpc) is 2.26. The zero-order valence-electron chi connectivity index (χ0n) is 7.80. The number of hydrogen-bond donors (Lipinski definition) is 0. The van der Waals surface area contributed by atoms with Crippen molar-refractivity contribution in [2.24, 2.45) is 0 Å². The summed E-state index contributed by atoms with van der Waals surface area (Å²) in [5.41, 5.74) is 9.42. The number of ether oxygens (including phenoxy) is 1. The molecule has 0 heterocycles. The Hall–Kier alpha value is -1.93. The maximum absolute atomic E-state index is 10.3. The first-order chi connectivity index (χ1) is 6.80. The number of rotatable bonds is 4. The second kappa shape index (κ2) is 4.94. The van der Waals surface area contributed by atoms with E-state index in [0.29, 0.717) is 12.7 Å². The standard InChI is InChI=1S/C10H10N2O2/c1-14-10-4-2-8(3-5-10)6-9(7-13)12-11/h2-5,7H,6H2,1H3. The first kappa shape index (κ1) is 10.2. The molecule has 0 bridgehead atoms. The summed E-state index contributed by atoms with van der Waals surface area (Å²) in [6, 6.07) is 7.20. The Morgan fingerprint density at radius 2 is 2.14 bits per heavy atom. The second-order valence-electron chi connectivity index (χ2n) is 2.73. The van der Waals surface area contributed by atoms with E-state index in [2.05, 4.69) is 4.79 Å². The molecule has 72 valence electrons. The largest absolute Gasteiger partial charge is 0.497 e. The first-order valence-electron chi connectivity index (χ1n) is 4.09. The highest BCUT2D eigenvalue weighted by Gasteiger charge is 2.06. The van der Waals surface area contributed by atoms with Crippen molar-refractivity contribution in [2.75, 3.05) is 7.11 Å². The van der Waals surface area contributed by atoms with Crippen LogP contribution in [0.4, 0.5) is 0 Å². The highest BCUT2D eigenvalue weighted by molar-refractivity contribution is 6.25. The van der Waals surface area contributed by atoms with E-state index in [9.17, 15) is 4.79 Å². The monoisotopic (exact) mass is 190 g/mol. The van der Waals surface area contributed by atoms with E-state index in [1.54, 1.807) is 19.2 Å². The predicted molar refractivity (Wildman–Crippen MR) is 51.4 cm³/mol. The third-order valence-corrected chi connectivity index (χ3v) is 1.81. The van der Waals surface area contributed by atoms with E-state index in [4.69, 9.17) is 10.3 Å². The number of carbonyl (C=O) groups is 1. The number of methoxy groups -OCH3 is 1. The summed E-state index contributed by atoms with van der Waals surface area (Å²) < 4.78 is 4.98. The van der Waals surface area contributed by atoms with Crippen LogP contribution in [0.5, 0.6) is 5.75 Å². The van der Waals surface area contributed by atoms with Crippen LogP contribution in [0.1, 0.15) is 5.56 Å². The van der Waals surface area contributed by atoms with Crippen LogP contribution in [-0.2, 0) is 11.2 Å². The number of aldehydes is 1. The maximum Gasteiger partial charge on any atom is 0.335 e. The molecule has 0 amide bonds.